The molecule has 0 aliphatic heterocycles. The van der Waals surface area contributed by atoms with Gasteiger partial charge in [-0.05, 0) is 45.4 Å². The van der Waals surface area contributed by atoms with E-state index in [2.05, 4.69) is 0 Å². The highest BCUT2D eigenvalue weighted by molar-refractivity contribution is 5.88. The van der Waals surface area contributed by atoms with Crippen LogP contribution in [0.15, 0.2) is 24.3 Å². The molecule has 0 atom stereocenters. The van der Waals surface area contributed by atoms with Crippen LogP contribution in [0.5, 0.6) is 0 Å². The van der Waals surface area contributed by atoms with Crippen LogP contribution in [-0.2, 0) is 9.53 Å². The largest absolute Gasteiger partial charge is 0.443 e. The van der Waals surface area contributed by atoms with Gasteiger partial charge in [0, 0.05) is 18.7 Å². The standard InChI is InChI=1S/C15H21NO3/c1-12-7-5-8-13(11-12)16(9-6-10-17)14(18)19-15(2,3)4/h5,7-8,10-11H,6,9H2,1-4H3. The number of benzene rings is 1. The second-order valence-corrected chi connectivity index (χ2v) is 5.43. The van der Waals surface area contributed by atoms with Gasteiger partial charge in [0.05, 0.1) is 0 Å². The number of carbonyl (C=O) groups is 2. The first-order valence-electron chi connectivity index (χ1n) is 6.34. The third-order valence-electron chi connectivity index (χ3n) is 2.40. The highest BCUT2D eigenvalue weighted by Gasteiger charge is 2.23. The summed E-state index contributed by atoms with van der Waals surface area (Å²) >= 11 is 0. The number of ether oxygens (including phenoxy) is 1. The van der Waals surface area contributed by atoms with Gasteiger partial charge in [-0.15, -0.1) is 0 Å². The van der Waals surface area contributed by atoms with Crippen molar-refractivity contribution < 1.29 is 14.3 Å². The molecule has 1 amide bonds. The fourth-order valence-electron chi connectivity index (χ4n) is 1.62. The van der Waals surface area contributed by atoms with Crippen LogP contribution in [0.1, 0.15) is 32.8 Å². The van der Waals surface area contributed by atoms with E-state index in [4.69, 9.17) is 4.74 Å². The van der Waals surface area contributed by atoms with Crippen LogP contribution in [0.25, 0.3) is 0 Å². The zero-order valence-electron chi connectivity index (χ0n) is 12.0. The van der Waals surface area contributed by atoms with E-state index >= 15 is 0 Å². The average molecular weight is 263 g/mol. The molecule has 0 N–H and O–H groups in total. The van der Waals surface area contributed by atoms with Crippen LogP contribution in [0.3, 0.4) is 0 Å². The molecule has 0 heterocycles. The molecule has 0 saturated heterocycles. The molecule has 0 aliphatic carbocycles. The van der Waals surface area contributed by atoms with E-state index in [1.54, 1.807) is 0 Å². The fraction of sp³-hybridized carbons (Fsp3) is 0.467. The van der Waals surface area contributed by atoms with Crippen LogP contribution >= 0.6 is 0 Å². The number of rotatable bonds is 4. The molecule has 0 aromatic heterocycles. The molecule has 4 heteroatoms. The van der Waals surface area contributed by atoms with E-state index in [1.807, 2.05) is 52.0 Å². The van der Waals surface area contributed by atoms with Crippen molar-refractivity contribution in [3.8, 4) is 0 Å². The molecule has 1 aromatic carbocycles. The minimum Gasteiger partial charge on any atom is -0.443 e. The maximum absolute atomic E-state index is 12.2. The van der Waals surface area contributed by atoms with Crippen molar-refractivity contribution in [1.82, 2.24) is 0 Å². The number of aryl methyl sites for hydroxylation is 1. The molecule has 0 unspecified atom stereocenters. The Morgan fingerprint density at radius 2 is 2.05 bits per heavy atom. The van der Waals surface area contributed by atoms with Gasteiger partial charge in [-0.25, -0.2) is 4.79 Å². The van der Waals surface area contributed by atoms with Crippen molar-refractivity contribution in [3.63, 3.8) is 0 Å². The molecular formula is C15H21NO3. The third kappa shape index (κ3) is 5.12. The Bertz CT molecular complexity index is 449. The minimum absolute atomic E-state index is 0.285. The van der Waals surface area contributed by atoms with Crippen LogP contribution < -0.4 is 4.90 Å². The molecular weight excluding hydrogens is 242 g/mol. The summed E-state index contributed by atoms with van der Waals surface area (Å²) < 4.78 is 5.36. The first-order valence-corrected chi connectivity index (χ1v) is 6.34. The van der Waals surface area contributed by atoms with E-state index in [0.29, 0.717) is 6.54 Å². The van der Waals surface area contributed by atoms with Crippen molar-refractivity contribution in [2.45, 2.75) is 39.7 Å². The fourth-order valence-corrected chi connectivity index (χ4v) is 1.62. The summed E-state index contributed by atoms with van der Waals surface area (Å²) in [6.45, 7) is 7.73. The van der Waals surface area contributed by atoms with Gasteiger partial charge in [0.1, 0.15) is 11.9 Å². The molecule has 1 rings (SSSR count). The molecule has 0 fully saturated rings. The van der Waals surface area contributed by atoms with Gasteiger partial charge in [-0.3, -0.25) is 4.90 Å². The molecule has 4 nitrogen and oxygen atoms in total. The first kappa shape index (κ1) is 15.2. The van der Waals surface area contributed by atoms with Crippen molar-refractivity contribution in [2.24, 2.45) is 0 Å². The molecule has 104 valence electrons. The predicted molar refractivity (Wildman–Crippen MR) is 75.4 cm³/mol. The van der Waals surface area contributed by atoms with Gasteiger partial charge in [0.15, 0.2) is 0 Å². The van der Waals surface area contributed by atoms with Crippen LogP contribution in [0.4, 0.5) is 10.5 Å². The van der Waals surface area contributed by atoms with Crippen molar-refractivity contribution in [2.75, 3.05) is 11.4 Å². The second kappa shape index (κ2) is 6.36. The normalized spacial score (nSPS) is 10.9. The predicted octanol–water partition coefficient (Wildman–Crippen LogP) is 3.33. The van der Waals surface area contributed by atoms with Crippen LogP contribution in [0, 0.1) is 6.92 Å². The molecule has 0 aliphatic rings. The van der Waals surface area contributed by atoms with E-state index < -0.39 is 11.7 Å². The Labute approximate surface area is 114 Å². The zero-order chi connectivity index (χ0) is 14.5. The quantitative estimate of drug-likeness (QED) is 0.783. The molecule has 0 bridgehead atoms. The number of amides is 1. The van der Waals surface area contributed by atoms with Gasteiger partial charge >= 0.3 is 6.09 Å². The van der Waals surface area contributed by atoms with Gasteiger partial charge in [0.2, 0.25) is 0 Å². The van der Waals surface area contributed by atoms with Gasteiger partial charge in [-0.2, -0.15) is 0 Å². The second-order valence-electron chi connectivity index (χ2n) is 5.43. The van der Waals surface area contributed by atoms with E-state index in [0.717, 1.165) is 17.5 Å². The maximum atomic E-state index is 12.2. The number of hydrogen-bond donors (Lipinski definition) is 0. The molecule has 0 saturated carbocycles. The number of carbonyl (C=O) groups excluding carboxylic acids is 2. The SMILES string of the molecule is Cc1cccc(N(CCC=O)C(=O)OC(C)(C)C)c1. The average Bonchev–Trinajstić information content (AvgIpc) is 2.27. The van der Waals surface area contributed by atoms with Crippen molar-refractivity contribution in [1.29, 1.82) is 0 Å². The summed E-state index contributed by atoms with van der Waals surface area (Å²) in [5.41, 5.74) is 1.24. The molecule has 1 aromatic rings. The summed E-state index contributed by atoms with van der Waals surface area (Å²) in [5, 5.41) is 0. The van der Waals surface area contributed by atoms with Gasteiger partial charge in [-0.1, -0.05) is 12.1 Å². The lowest BCUT2D eigenvalue weighted by Gasteiger charge is -2.27. The van der Waals surface area contributed by atoms with E-state index in [9.17, 15) is 9.59 Å². The monoisotopic (exact) mass is 263 g/mol. The van der Waals surface area contributed by atoms with Crippen LogP contribution in [0.2, 0.25) is 0 Å². The van der Waals surface area contributed by atoms with E-state index in [-0.39, 0.29) is 6.42 Å². The lowest BCUT2D eigenvalue weighted by molar-refractivity contribution is -0.107. The number of anilines is 1. The minimum atomic E-state index is -0.555. The Balaban J connectivity index is 2.94. The Hall–Kier alpha value is -1.84. The molecule has 19 heavy (non-hydrogen) atoms. The lowest BCUT2D eigenvalue weighted by Crippen LogP contribution is -2.37. The number of hydrogen-bond acceptors (Lipinski definition) is 3. The summed E-state index contributed by atoms with van der Waals surface area (Å²) in [5.74, 6) is 0. The van der Waals surface area contributed by atoms with Crippen molar-refractivity contribution in [3.05, 3.63) is 29.8 Å². The zero-order valence-corrected chi connectivity index (χ0v) is 12.0. The summed E-state index contributed by atoms with van der Waals surface area (Å²) in [4.78, 5) is 24.2. The molecule has 0 radical (unpaired) electrons. The van der Waals surface area contributed by atoms with Crippen molar-refractivity contribution >= 4 is 18.1 Å². The number of nitrogens with zero attached hydrogens (tertiary/aromatic N) is 1. The summed E-state index contributed by atoms with van der Waals surface area (Å²) in [6.07, 6.45) is 0.653. The van der Waals surface area contributed by atoms with Gasteiger partial charge < -0.3 is 9.53 Å². The Kier molecular flexibility index (Phi) is 5.10. The Morgan fingerprint density at radius 1 is 1.37 bits per heavy atom. The first-order chi connectivity index (χ1) is 8.83. The number of aldehydes is 1. The molecule has 0 spiro atoms. The smallest absolute Gasteiger partial charge is 0.414 e. The van der Waals surface area contributed by atoms with E-state index in [1.165, 1.54) is 4.90 Å². The van der Waals surface area contributed by atoms with Crippen LogP contribution in [-0.4, -0.2) is 24.5 Å². The Morgan fingerprint density at radius 3 is 2.58 bits per heavy atom. The van der Waals surface area contributed by atoms with Gasteiger partial charge in [0.25, 0.3) is 0 Å². The third-order valence-corrected chi connectivity index (χ3v) is 2.40. The summed E-state index contributed by atoms with van der Waals surface area (Å²) in [6, 6.07) is 7.57. The lowest BCUT2D eigenvalue weighted by atomic mass is 10.2. The highest BCUT2D eigenvalue weighted by atomic mass is 16.6. The summed E-state index contributed by atoms with van der Waals surface area (Å²) in [7, 11) is 0. The topological polar surface area (TPSA) is 46.6 Å². The highest BCUT2D eigenvalue weighted by Crippen LogP contribution is 2.19. The maximum Gasteiger partial charge on any atom is 0.414 e.